The van der Waals surface area contributed by atoms with Crippen molar-refractivity contribution in [2.75, 3.05) is 33.0 Å². The highest BCUT2D eigenvalue weighted by molar-refractivity contribution is 7.48. The largest absolute Gasteiger partial charge is 0.475 e. The van der Waals surface area contributed by atoms with Crippen LogP contribution >= 0.6 is 7.82 Å². The highest BCUT2D eigenvalue weighted by atomic mass is 31.2. The molecule has 1 N–H and O–H groups in total. The summed E-state index contributed by atoms with van der Waals surface area (Å²) in [6, 6.07) is 72.8. The van der Waals surface area contributed by atoms with Gasteiger partial charge in [0.2, 0.25) is 0 Å². The van der Waals surface area contributed by atoms with E-state index in [1.165, 1.54) is 0 Å². The zero-order valence-corrected chi connectivity index (χ0v) is 49.1. The van der Waals surface area contributed by atoms with Crippen LogP contribution in [0.2, 0.25) is 0 Å². The van der Waals surface area contributed by atoms with Crippen LogP contribution in [0.4, 0.5) is 0 Å². The van der Waals surface area contributed by atoms with E-state index in [-0.39, 0.29) is 59.3 Å². The molecular formula is C70H72NO15P. The van der Waals surface area contributed by atoms with Crippen molar-refractivity contribution in [3.8, 4) is 6.07 Å². The molecule has 2 saturated heterocycles. The molecular weight excluding hydrogens is 1130 g/mol. The van der Waals surface area contributed by atoms with Crippen molar-refractivity contribution >= 4 is 24.6 Å². The fourth-order valence-corrected chi connectivity index (χ4v) is 11.7. The van der Waals surface area contributed by atoms with Crippen LogP contribution in [0.15, 0.2) is 224 Å². The number of phosphoric acid groups is 1. The predicted molar refractivity (Wildman–Crippen MR) is 324 cm³/mol. The number of rotatable bonds is 31. The summed E-state index contributed by atoms with van der Waals surface area (Å²) in [6.45, 7) is -1.30. The molecule has 0 aromatic heterocycles. The molecule has 87 heavy (non-hydrogen) atoms. The first kappa shape index (κ1) is 62.8. The number of hydrogen-bond donors (Lipinski definition) is 1. The second-order valence-corrected chi connectivity index (χ2v) is 22.8. The normalized spacial score (nSPS) is 22.7. The first-order valence-corrected chi connectivity index (χ1v) is 30.7. The molecule has 16 nitrogen and oxygen atoms in total. The van der Waals surface area contributed by atoms with E-state index < -0.39 is 94.7 Å². The summed E-state index contributed by atoms with van der Waals surface area (Å²) in [4.78, 5) is 14.1. The monoisotopic (exact) mass is 1200 g/mol. The number of aliphatic hydroxyl groups is 1. The number of esters is 1. The Morgan fingerprint density at radius 2 is 0.747 bits per heavy atom. The van der Waals surface area contributed by atoms with Gasteiger partial charge in [0.1, 0.15) is 67.6 Å². The number of phosphoric ester groups is 1. The van der Waals surface area contributed by atoms with Crippen LogP contribution < -0.4 is 0 Å². The van der Waals surface area contributed by atoms with Crippen LogP contribution in [-0.2, 0) is 100 Å². The molecule has 2 fully saturated rings. The topological polar surface area (TPSA) is 189 Å². The number of hydrogen-bond acceptors (Lipinski definition) is 16. The summed E-state index contributed by atoms with van der Waals surface area (Å²) in [6.07, 6.45) is -9.95. The van der Waals surface area contributed by atoms with E-state index in [1.807, 2.05) is 218 Å². The number of nitriles is 1. The number of benzene rings is 8. The Hall–Kier alpha value is -7.27. The van der Waals surface area contributed by atoms with Gasteiger partial charge in [0.15, 0.2) is 0 Å². The van der Waals surface area contributed by atoms with Gasteiger partial charge < -0.3 is 47.7 Å². The standard InChI is InChI=1S/C70H72NO15P/c71-38-21-39-82-87(74,83-49-62-66(77-44-53-26-11-3-12-27-53)68(79-46-55-30-15-5-16-31-55)64(60(41-72)85-62)75-42-51-22-7-1-8-23-51)84-50-63-67(78-45-54-28-13-4-14-29-54)69(80-47-56-32-17-6-18-33-56)65(76-43-52-24-9-2-10-25-52)61(86-63)48-81-70(73)59-37-36-57-34-19-20-35-58(57)40-59/h1-20,22-37,40,60-69,72H,21,39,41-50H2/t60-,61-,62+,63+,64?,65?,66?,67?,68?,69?,87?/m0/s1. The summed E-state index contributed by atoms with van der Waals surface area (Å²) in [5, 5.41) is 22.6. The predicted octanol–water partition coefficient (Wildman–Crippen LogP) is 12.1. The van der Waals surface area contributed by atoms with Crippen LogP contribution in [0.1, 0.15) is 50.2 Å². The lowest BCUT2D eigenvalue weighted by molar-refractivity contribution is -0.276. The van der Waals surface area contributed by atoms with E-state index in [9.17, 15) is 15.2 Å². The summed E-state index contributed by atoms with van der Waals surface area (Å²) in [7, 11) is -4.74. The van der Waals surface area contributed by atoms with E-state index in [0.717, 1.165) is 44.2 Å². The molecule has 8 aromatic carbocycles. The number of aliphatic hydroxyl groups excluding tert-OH is 1. The SMILES string of the molecule is N#CCCOP(=O)(OC[C@H]1O[C@@H](CO)C(OCc2ccccc2)C(OCc2ccccc2)C1OCc1ccccc1)OC[C@H]1O[C@@H](COC(=O)c2ccc3ccccc3c2)C(OCc2ccccc2)C(OCc2ccccc2)C1OCc1ccccc1. The Kier molecular flexibility index (Phi) is 23.5. The lowest BCUT2D eigenvalue weighted by Gasteiger charge is -2.46. The number of carbonyl (C=O) groups excluding carboxylic acids is 1. The second-order valence-electron chi connectivity index (χ2n) is 21.1. The quantitative estimate of drug-likeness (QED) is 0.0245. The Morgan fingerprint density at radius 3 is 1.13 bits per heavy atom. The number of nitrogens with zero attached hydrogens (tertiary/aromatic N) is 1. The molecule has 0 saturated carbocycles. The summed E-state index contributed by atoms with van der Waals surface area (Å²) in [5.41, 5.74) is 5.55. The maximum absolute atomic E-state index is 15.5. The average Bonchev–Trinajstić information content (AvgIpc) is 2.69. The molecule has 7 unspecified atom stereocenters. The number of ether oxygens (including phenoxy) is 9. The zero-order chi connectivity index (χ0) is 59.9. The molecule has 0 radical (unpaired) electrons. The highest BCUT2D eigenvalue weighted by Crippen LogP contribution is 2.51. The molecule has 0 spiro atoms. The van der Waals surface area contributed by atoms with Gasteiger partial charge in [-0.3, -0.25) is 13.6 Å². The van der Waals surface area contributed by atoms with Gasteiger partial charge in [-0.05, 0) is 56.3 Å². The fourth-order valence-electron chi connectivity index (χ4n) is 10.5. The van der Waals surface area contributed by atoms with E-state index in [1.54, 1.807) is 12.1 Å². The third-order valence-electron chi connectivity index (χ3n) is 15.0. The van der Waals surface area contributed by atoms with Gasteiger partial charge in [0, 0.05) is 0 Å². The van der Waals surface area contributed by atoms with Crippen LogP contribution in [0.25, 0.3) is 10.8 Å². The Balaban J connectivity index is 0.963. The minimum Gasteiger partial charge on any atom is -0.459 e. The van der Waals surface area contributed by atoms with Gasteiger partial charge >= 0.3 is 13.8 Å². The molecule has 2 aliphatic heterocycles. The van der Waals surface area contributed by atoms with Crippen LogP contribution in [0.3, 0.4) is 0 Å². The van der Waals surface area contributed by atoms with Gasteiger partial charge in [-0.2, -0.15) is 5.26 Å². The maximum atomic E-state index is 15.5. The summed E-state index contributed by atoms with van der Waals surface area (Å²) in [5.74, 6) is -0.590. The lowest BCUT2D eigenvalue weighted by atomic mass is 9.94. The Labute approximate surface area is 507 Å². The minimum atomic E-state index is -4.74. The van der Waals surface area contributed by atoms with Crippen LogP contribution in [-0.4, -0.2) is 105 Å². The van der Waals surface area contributed by atoms with Crippen LogP contribution in [0.5, 0.6) is 0 Å². The van der Waals surface area contributed by atoms with Gasteiger partial charge in [0.05, 0.1) is 84.1 Å². The van der Waals surface area contributed by atoms with Gasteiger partial charge in [-0.25, -0.2) is 9.36 Å². The summed E-state index contributed by atoms with van der Waals surface area (Å²) < 4.78 is 94.8. The third kappa shape index (κ3) is 18.2. The van der Waals surface area contributed by atoms with Crippen molar-refractivity contribution in [3.05, 3.63) is 263 Å². The fraction of sp³-hybridized carbons (Fsp3) is 0.314. The highest BCUT2D eigenvalue weighted by Gasteiger charge is 2.52. The summed E-state index contributed by atoms with van der Waals surface area (Å²) >= 11 is 0. The molecule has 10 rings (SSSR count). The molecule has 2 aliphatic rings. The smallest absolute Gasteiger partial charge is 0.459 e. The van der Waals surface area contributed by atoms with E-state index >= 15 is 4.57 Å². The van der Waals surface area contributed by atoms with Crippen molar-refractivity contribution in [2.24, 2.45) is 0 Å². The minimum absolute atomic E-state index is 0.0927. The molecule has 17 heteroatoms. The van der Waals surface area contributed by atoms with E-state index in [4.69, 9.17) is 56.2 Å². The number of carbonyl (C=O) groups is 1. The molecule has 0 bridgehead atoms. The molecule has 0 amide bonds. The Bertz CT molecular complexity index is 3400. The van der Waals surface area contributed by atoms with Crippen LogP contribution in [0, 0.1) is 11.3 Å². The van der Waals surface area contributed by atoms with Crippen molar-refractivity contribution in [1.82, 2.24) is 0 Å². The second kappa shape index (κ2) is 32.6. The van der Waals surface area contributed by atoms with E-state index in [0.29, 0.717) is 5.56 Å². The maximum Gasteiger partial charge on any atom is 0.475 e. The van der Waals surface area contributed by atoms with Crippen molar-refractivity contribution < 1.29 is 70.7 Å². The average molecular weight is 1200 g/mol. The van der Waals surface area contributed by atoms with Gasteiger partial charge in [-0.1, -0.05) is 212 Å². The first-order chi connectivity index (χ1) is 42.8. The molecule has 2 heterocycles. The first-order valence-electron chi connectivity index (χ1n) is 29.2. The lowest BCUT2D eigenvalue weighted by Crippen LogP contribution is -2.62. The van der Waals surface area contributed by atoms with E-state index in [2.05, 4.69) is 0 Å². The third-order valence-corrected chi connectivity index (χ3v) is 16.4. The van der Waals surface area contributed by atoms with Gasteiger partial charge in [0.25, 0.3) is 0 Å². The van der Waals surface area contributed by atoms with Crippen molar-refractivity contribution in [2.45, 2.75) is 107 Å². The van der Waals surface area contributed by atoms with Crippen molar-refractivity contribution in [1.29, 1.82) is 5.26 Å². The van der Waals surface area contributed by atoms with Gasteiger partial charge in [-0.15, -0.1) is 0 Å². The molecule has 0 aliphatic carbocycles. The Morgan fingerprint density at radius 1 is 0.414 bits per heavy atom. The van der Waals surface area contributed by atoms with Crippen molar-refractivity contribution in [3.63, 3.8) is 0 Å². The number of fused-ring (bicyclic) bond motifs is 1. The zero-order valence-electron chi connectivity index (χ0n) is 48.2. The molecule has 11 atom stereocenters. The molecule has 8 aromatic rings. The molecule has 452 valence electrons.